The van der Waals surface area contributed by atoms with Crippen LogP contribution in [0.1, 0.15) is 52.3 Å². The third kappa shape index (κ3) is 5.90. The van der Waals surface area contributed by atoms with Crippen LogP contribution in [-0.2, 0) is 4.74 Å². The first kappa shape index (κ1) is 22.0. The lowest BCUT2D eigenvalue weighted by Crippen LogP contribution is -2.41. The topological polar surface area (TPSA) is 82.4 Å². The number of aryl methyl sites for hydroxylation is 1. The second-order valence-electron chi connectivity index (χ2n) is 8.65. The summed E-state index contributed by atoms with van der Waals surface area (Å²) >= 11 is 0. The monoisotopic (exact) mass is 419 g/mol. The minimum absolute atomic E-state index is 0.230. The lowest BCUT2D eigenvalue weighted by atomic mass is 9.92. The Morgan fingerprint density at radius 2 is 2.00 bits per heavy atom. The van der Waals surface area contributed by atoms with Gasteiger partial charge >= 0.3 is 6.09 Å². The van der Waals surface area contributed by atoms with Crippen molar-refractivity contribution in [3.63, 3.8) is 0 Å². The van der Waals surface area contributed by atoms with Gasteiger partial charge in [0.15, 0.2) is 11.6 Å². The Balaban J connectivity index is 1.38. The number of ether oxygens (including phenoxy) is 2. The maximum atomic E-state index is 14.4. The summed E-state index contributed by atoms with van der Waals surface area (Å²) in [6.07, 6.45) is 3.60. The second-order valence-corrected chi connectivity index (χ2v) is 8.65. The molecule has 1 aliphatic heterocycles. The third-order valence-electron chi connectivity index (χ3n) is 5.06. The number of piperidine rings is 1. The van der Waals surface area contributed by atoms with Crippen LogP contribution in [0.3, 0.4) is 0 Å². The molecule has 1 saturated heterocycles. The van der Waals surface area contributed by atoms with Crippen LogP contribution in [0.15, 0.2) is 18.2 Å². The van der Waals surface area contributed by atoms with Crippen LogP contribution < -0.4 is 4.74 Å². The number of nitrogens with zero attached hydrogens (tertiary/aromatic N) is 5. The van der Waals surface area contributed by atoms with Crippen LogP contribution in [0.25, 0.3) is 5.69 Å². The zero-order valence-electron chi connectivity index (χ0n) is 18.1. The molecule has 30 heavy (non-hydrogen) atoms. The van der Waals surface area contributed by atoms with Gasteiger partial charge in [0.25, 0.3) is 0 Å². The summed E-state index contributed by atoms with van der Waals surface area (Å²) in [7, 11) is 0. The highest BCUT2D eigenvalue weighted by Crippen LogP contribution is 2.24. The minimum Gasteiger partial charge on any atom is -0.493 e. The Morgan fingerprint density at radius 1 is 1.27 bits per heavy atom. The van der Waals surface area contributed by atoms with Crippen molar-refractivity contribution < 1.29 is 18.7 Å². The molecule has 0 radical (unpaired) electrons. The molecule has 2 heterocycles. The highest BCUT2D eigenvalue weighted by molar-refractivity contribution is 5.68. The average molecular weight is 420 g/mol. The van der Waals surface area contributed by atoms with Gasteiger partial charge in [0.05, 0.1) is 6.61 Å². The molecule has 0 unspecified atom stereocenters. The van der Waals surface area contributed by atoms with Gasteiger partial charge in [0.2, 0.25) is 0 Å². The van der Waals surface area contributed by atoms with Gasteiger partial charge in [0.1, 0.15) is 17.0 Å². The fourth-order valence-corrected chi connectivity index (χ4v) is 3.50. The van der Waals surface area contributed by atoms with E-state index in [9.17, 15) is 9.18 Å². The Kier molecular flexibility index (Phi) is 6.89. The van der Waals surface area contributed by atoms with E-state index in [4.69, 9.17) is 9.47 Å². The molecule has 1 amide bonds. The fraction of sp³-hybridized carbons (Fsp3) is 0.619. The van der Waals surface area contributed by atoms with Crippen molar-refractivity contribution in [2.24, 2.45) is 5.92 Å². The van der Waals surface area contributed by atoms with Crippen molar-refractivity contribution in [1.29, 1.82) is 0 Å². The summed E-state index contributed by atoms with van der Waals surface area (Å²) in [4.78, 5) is 13.9. The molecule has 0 spiro atoms. The molecule has 9 heteroatoms. The Labute approximate surface area is 176 Å². The second kappa shape index (κ2) is 9.40. The van der Waals surface area contributed by atoms with Gasteiger partial charge in [-0.25, -0.2) is 9.18 Å². The maximum Gasteiger partial charge on any atom is 0.410 e. The van der Waals surface area contributed by atoms with Gasteiger partial charge < -0.3 is 14.4 Å². The molecule has 0 atom stereocenters. The van der Waals surface area contributed by atoms with Crippen LogP contribution >= 0.6 is 0 Å². The molecular weight excluding hydrogens is 389 g/mol. The smallest absolute Gasteiger partial charge is 0.410 e. The molecule has 8 nitrogen and oxygen atoms in total. The Hall–Kier alpha value is -2.71. The van der Waals surface area contributed by atoms with E-state index in [-0.39, 0.29) is 6.09 Å². The number of amides is 1. The Morgan fingerprint density at radius 3 is 2.60 bits per heavy atom. The van der Waals surface area contributed by atoms with Crippen molar-refractivity contribution in [2.45, 2.75) is 59.0 Å². The van der Waals surface area contributed by atoms with Crippen LogP contribution in [0.2, 0.25) is 0 Å². The molecule has 1 aromatic heterocycles. The van der Waals surface area contributed by atoms with E-state index < -0.39 is 11.4 Å². The summed E-state index contributed by atoms with van der Waals surface area (Å²) in [6, 6.07) is 4.69. The SMILES string of the molecule is Cc1nnnn1-c1ccc(OCCCC2CCN(C(=O)OC(C)(C)C)CC2)cc1F. The van der Waals surface area contributed by atoms with Crippen molar-refractivity contribution in [1.82, 2.24) is 25.1 Å². The Bertz CT molecular complexity index is 857. The van der Waals surface area contributed by atoms with E-state index in [0.29, 0.717) is 29.8 Å². The number of carbonyl (C=O) groups is 1. The highest BCUT2D eigenvalue weighted by Gasteiger charge is 2.26. The molecule has 0 saturated carbocycles. The van der Waals surface area contributed by atoms with E-state index in [1.165, 1.54) is 10.7 Å². The predicted octanol–water partition coefficient (Wildman–Crippen LogP) is 3.92. The highest BCUT2D eigenvalue weighted by atomic mass is 19.1. The van der Waals surface area contributed by atoms with Crippen molar-refractivity contribution >= 4 is 6.09 Å². The lowest BCUT2D eigenvalue weighted by molar-refractivity contribution is 0.0179. The predicted molar refractivity (Wildman–Crippen MR) is 109 cm³/mol. The van der Waals surface area contributed by atoms with Gasteiger partial charge in [-0.3, -0.25) is 0 Å². The number of hydrogen-bond acceptors (Lipinski definition) is 6. The first-order valence-corrected chi connectivity index (χ1v) is 10.4. The zero-order chi connectivity index (χ0) is 21.7. The molecule has 1 aromatic carbocycles. The first-order valence-electron chi connectivity index (χ1n) is 10.4. The number of likely N-dealkylation sites (tertiary alicyclic amines) is 1. The van der Waals surface area contributed by atoms with Gasteiger partial charge in [-0.05, 0) is 81.9 Å². The zero-order valence-corrected chi connectivity index (χ0v) is 18.1. The maximum absolute atomic E-state index is 14.4. The number of rotatable bonds is 6. The number of carbonyl (C=O) groups excluding carboxylic acids is 1. The fourth-order valence-electron chi connectivity index (χ4n) is 3.50. The summed E-state index contributed by atoms with van der Waals surface area (Å²) in [6.45, 7) is 9.32. The quantitative estimate of drug-likeness (QED) is 0.660. The third-order valence-corrected chi connectivity index (χ3v) is 5.06. The van der Waals surface area contributed by atoms with Crippen LogP contribution in [-0.4, -0.2) is 56.5 Å². The minimum atomic E-state index is -0.464. The van der Waals surface area contributed by atoms with E-state index >= 15 is 0 Å². The number of benzene rings is 1. The summed E-state index contributed by atoms with van der Waals surface area (Å²) in [5, 5.41) is 11.1. The molecule has 0 N–H and O–H groups in total. The molecular formula is C21H30FN5O3. The summed E-state index contributed by atoms with van der Waals surface area (Å²) in [5.41, 5.74) is -0.171. The van der Waals surface area contributed by atoms with Gasteiger partial charge in [-0.1, -0.05) is 0 Å². The van der Waals surface area contributed by atoms with Crippen LogP contribution in [0.4, 0.5) is 9.18 Å². The van der Waals surface area contributed by atoms with Gasteiger partial charge in [0, 0.05) is 19.2 Å². The number of aromatic nitrogens is 4. The van der Waals surface area contributed by atoms with Crippen molar-refractivity contribution in [3.05, 3.63) is 29.8 Å². The van der Waals surface area contributed by atoms with Gasteiger partial charge in [-0.15, -0.1) is 5.10 Å². The molecule has 164 valence electrons. The largest absolute Gasteiger partial charge is 0.493 e. The van der Waals surface area contributed by atoms with E-state index in [0.717, 1.165) is 38.8 Å². The molecule has 0 bridgehead atoms. The summed E-state index contributed by atoms with van der Waals surface area (Å²) < 4.78 is 26.9. The average Bonchev–Trinajstić information content (AvgIpc) is 3.10. The molecule has 3 rings (SSSR count). The first-order chi connectivity index (χ1) is 14.2. The number of tetrazole rings is 1. The molecule has 1 aliphatic rings. The van der Waals surface area contributed by atoms with Crippen LogP contribution in [0.5, 0.6) is 5.75 Å². The molecule has 0 aliphatic carbocycles. The van der Waals surface area contributed by atoms with Gasteiger partial charge in [-0.2, -0.15) is 4.68 Å². The van der Waals surface area contributed by atoms with Crippen molar-refractivity contribution in [3.8, 4) is 11.4 Å². The summed E-state index contributed by atoms with van der Waals surface area (Å²) in [5.74, 6) is 1.13. The van der Waals surface area contributed by atoms with E-state index in [1.54, 1.807) is 24.0 Å². The standard InChI is InChI=1S/C21H30FN5O3/c1-15-23-24-25-27(15)19-8-7-17(14-18(19)22)29-13-5-6-16-9-11-26(12-10-16)20(28)30-21(2,3)4/h7-8,14,16H,5-6,9-13H2,1-4H3. The molecule has 1 fully saturated rings. The number of halogens is 1. The lowest BCUT2D eigenvalue weighted by Gasteiger charge is -2.33. The van der Waals surface area contributed by atoms with E-state index in [2.05, 4.69) is 15.5 Å². The van der Waals surface area contributed by atoms with Crippen LogP contribution in [0, 0.1) is 18.7 Å². The molecule has 2 aromatic rings. The normalized spacial score (nSPS) is 15.3. The van der Waals surface area contributed by atoms with E-state index in [1.807, 2.05) is 20.8 Å². The van der Waals surface area contributed by atoms with Crippen molar-refractivity contribution in [2.75, 3.05) is 19.7 Å². The number of hydrogen-bond donors (Lipinski definition) is 0.